The molecule has 3 nitrogen and oxygen atoms in total. The zero-order valence-corrected chi connectivity index (χ0v) is 9.55. The Labute approximate surface area is 92.8 Å². The number of rotatable bonds is 1. The minimum Gasteiger partial charge on any atom is -0.351 e. The van der Waals surface area contributed by atoms with Crippen molar-refractivity contribution < 1.29 is 0 Å². The molecule has 1 fully saturated rings. The lowest BCUT2D eigenvalue weighted by Crippen LogP contribution is -2.40. The summed E-state index contributed by atoms with van der Waals surface area (Å²) in [5.41, 5.74) is 0. The van der Waals surface area contributed by atoms with Gasteiger partial charge in [0.15, 0.2) is 11.0 Å². The first-order valence-corrected chi connectivity index (χ1v) is 6.14. The molecule has 1 aromatic heterocycles. The molecule has 2 rings (SSSR count). The van der Waals surface area contributed by atoms with E-state index in [2.05, 4.69) is 22.0 Å². The Morgan fingerprint density at radius 3 is 3.00 bits per heavy atom. The summed E-state index contributed by atoms with van der Waals surface area (Å²) in [5.74, 6) is 3.25. The van der Waals surface area contributed by atoms with E-state index in [4.69, 9.17) is 11.6 Å². The summed E-state index contributed by atoms with van der Waals surface area (Å²) in [7, 11) is 0. The lowest BCUT2D eigenvalue weighted by Gasteiger charge is -2.33. The maximum absolute atomic E-state index is 5.69. The van der Waals surface area contributed by atoms with Crippen LogP contribution >= 0.6 is 23.4 Å². The van der Waals surface area contributed by atoms with Gasteiger partial charge in [-0.05, 0) is 19.1 Å². The van der Waals surface area contributed by atoms with E-state index in [1.54, 1.807) is 6.07 Å². The van der Waals surface area contributed by atoms with Gasteiger partial charge in [0.25, 0.3) is 0 Å². The van der Waals surface area contributed by atoms with Gasteiger partial charge in [0.05, 0.1) is 0 Å². The van der Waals surface area contributed by atoms with Crippen LogP contribution in [0.15, 0.2) is 12.1 Å². The van der Waals surface area contributed by atoms with E-state index >= 15 is 0 Å². The van der Waals surface area contributed by atoms with Gasteiger partial charge < -0.3 is 4.90 Å². The van der Waals surface area contributed by atoms with Crippen LogP contribution in [0.5, 0.6) is 0 Å². The molecule has 1 unspecified atom stereocenters. The Balaban J connectivity index is 2.16. The lowest BCUT2D eigenvalue weighted by atomic mass is 10.3. The predicted molar refractivity (Wildman–Crippen MR) is 61.2 cm³/mol. The number of aromatic nitrogens is 2. The fourth-order valence-electron chi connectivity index (χ4n) is 1.53. The molecule has 2 heterocycles. The van der Waals surface area contributed by atoms with Crippen LogP contribution < -0.4 is 4.90 Å². The molecule has 0 amide bonds. The van der Waals surface area contributed by atoms with Gasteiger partial charge in [-0.3, -0.25) is 0 Å². The monoisotopic (exact) mass is 229 g/mol. The third-order valence-corrected chi connectivity index (χ3v) is 3.67. The molecule has 14 heavy (non-hydrogen) atoms. The van der Waals surface area contributed by atoms with Crippen LogP contribution in [-0.4, -0.2) is 34.3 Å². The number of nitrogens with zero attached hydrogens (tertiary/aromatic N) is 3. The summed E-state index contributed by atoms with van der Waals surface area (Å²) in [4.78, 5) is 2.28. The Hall–Kier alpha value is -0.480. The van der Waals surface area contributed by atoms with Gasteiger partial charge in [0.1, 0.15) is 0 Å². The summed E-state index contributed by atoms with van der Waals surface area (Å²) in [6, 6.07) is 4.25. The van der Waals surface area contributed by atoms with E-state index in [9.17, 15) is 0 Å². The molecule has 0 radical (unpaired) electrons. The summed E-state index contributed by atoms with van der Waals surface area (Å²) in [6.45, 7) is 3.25. The second-order valence-electron chi connectivity index (χ2n) is 3.33. The first kappa shape index (κ1) is 10.1. The highest BCUT2D eigenvalue weighted by Gasteiger charge is 2.19. The lowest BCUT2D eigenvalue weighted by molar-refractivity contribution is 0.683. The number of thioether (sulfide) groups is 1. The molecule has 0 bridgehead atoms. The van der Waals surface area contributed by atoms with Crippen molar-refractivity contribution in [3.05, 3.63) is 17.3 Å². The second-order valence-corrected chi connectivity index (χ2v) is 4.87. The zero-order chi connectivity index (χ0) is 9.97. The van der Waals surface area contributed by atoms with Crippen molar-refractivity contribution in [1.82, 2.24) is 10.2 Å². The molecular formula is C9H12ClN3S. The topological polar surface area (TPSA) is 29.0 Å². The molecule has 1 aliphatic rings. The van der Waals surface area contributed by atoms with Gasteiger partial charge in [0, 0.05) is 24.1 Å². The molecule has 0 spiro atoms. The minimum absolute atomic E-state index is 0.452. The van der Waals surface area contributed by atoms with E-state index < -0.39 is 0 Å². The van der Waals surface area contributed by atoms with E-state index in [1.165, 1.54) is 0 Å². The molecule has 1 aliphatic heterocycles. The van der Waals surface area contributed by atoms with Crippen LogP contribution in [0, 0.1) is 0 Å². The van der Waals surface area contributed by atoms with Gasteiger partial charge in [0.2, 0.25) is 0 Å². The average Bonchev–Trinajstić information content (AvgIpc) is 2.20. The Morgan fingerprint density at radius 1 is 1.50 bits per heavy atom. The van der Waals surface area contributed by atoms with Crippen molar-refractivity contribution >= 4 is 29.2 Å². The molecule has 0 aliphatic carbocycles. The highest BCUT2D eigenvalue weighted by Crippen LogP contribution is 2.21. The van der Waals surface area contributed by atoms with Crippen LogP contribution in [0.1, 0.15) is 6.92 Å². The number of anilines is 1. The molecular weight excluding hydrogens is 218 g/mol. The van der Waals surface area contributed by atoms with E-state index in [1.807, 2.05) is 17.8 Å². The first-order chi connectivity index (χ1) is 6.77. The van der Waals surface area contributed by atoms with Gasteiger partial charge >= 0.3 is 0 Å². The number of hydrogen-bond acceptors (Lipinski definition) is 4. The molecule has 0 saturated carbocycles. The van der Waals surface area contributed by atoms with Gasteiger partial charge in [-0.15, -0.1) is 10.2 Å². The van der Waals surface area contributed by atoms with Crippen molar-refractivity contribution in [3.63, 3.8) is 0 Å². The normalized spacial score (nSPS) is 22.4. The Morgan fingerprint density at radius 2 is 2.36 bits per heavy atom. The standard InChI is InChI=1S/C9H12ClN3S/c1-7-6-14-5-4-13(7)9-3-2-8(10)11-12-9/h2-3,7H,4-6H2,1H3. The highest BCUT2D eigenvalue weighted by molar-refractivity contribution is 7.99. The SMILES string of the molecule is CC1CSCCN1c1ccc(Cl)nn1. The zero-order valence-electron chi connectivity index (χ0n) is 7.98. The third kappa shape index (κ3) is 2.12. The second kappa shape index (κ2) is 4.36. The van der Waals surface area contributed by atoms with E-state index in [0.29, 0.717) is 11.2 Å². The number of hydrogen-bond donors (Lipinski definition) is 0. The molecule has 5 heteroatoms. The van der Waals surface area contributed by atoms with Gasteiger partial charge in [-0.1, -0.05) is 11.6 Å². The quantitative estimate of drug-likeness (QED) is 0.738. The van der Waals surface area contributed by atoms with E-state index in [-0.39, 0.29) is 0 Å². The molecule has 0 aromatic carbocycles. The van der Waals surface area contributed by atoms with Crippen molar-refractivity contribution in [2.45, 2.75) is 13.0 Å². The molecule has 0 N–H and O–H groups in total. The van der Waals surface area contributed by atoms with Crippen LogP contribution in [0.25, 0.3) is 0 Å². The fourth-order valence-corrected chi connectivity index (χ4v) is 2.64. The van der Waals surface area contributed by atoms with Gasteiger partial charge in [-0.25, -0.2) is 0 Å². The summed E-state index contributed by atoms with van der Waals surface area (Å²) in [5, 5.41) is 8.39. The van der Waals surface area contributed by atoms with Crippen molar-refractivity contribution in [3.8, 4) is 0 Å². The Bertz CT molecular complexity index is 303. The largest absolute Gasteiger partial charge is 0.351 e. The van der Waals surface area contributed by atoms with E-state index in [0.717, 1.165) is 23.9 Å². The van der Waals surface area contributed by atoms with Gasteiger partial charge in [-0.2, -0.15) is 11.8 Å². The molecule has 1 aromatic rings. The molecule has 76 valence electrons. The van der Waals surface area contributed by atoms with Crippen LogP contribution in [0.4, 0.5) is 5.82 Å². The summed E-state index contributed by atoms with van der Waals surface area (Å²) < 4.78 is 0. The van der Waals surface area contributed by atoms with Crippen molar-refractivity contribution in [2.24, 2.45) is 0 Å². The van der Waals surface area contributed by atoms with Crippen LogP contribution in [0.2, 0.25) is 5.15 Å². The maximum Gasteiger partial charge on any atom is 0.151 e. The predicted octanol–water partition coefficient (Wildman–Crippen LogP) is 2.07. The summed E-state index contributed by atoms with van der Waals surface area (Å²) >= 11 is 7.68. The van der Waals surface area contributed by atoms with Crippen LogP contribution in [-0.2, 0) is 0 Å². The Kier molecular flexibility index (Phi) is 3.13. The number of halogens is 1. The molecule has 1 atom stereocenters. The fraction of sp³-hybridized carbons (Fsp3) is 0.556. The smallest absolute Gasteiger partial charge is 0.151 e. The third-order valence-electron chi connectivity index (χ3n) is 2.28. The minimum atomic E-state index is 0.452. The highest BCUT2D eigenvalue weighted by atomic mass is 35.5. The van der Waals surface area contributed by atoms with Crippen molar-refractivity contribution in [2.75, 3.05) is 23.0 Å². The average molecular weight is 230 g/mol. The van der Waals surface area contributed by atoms with Crippen molar-refractivity contribution in [1.29, 1.82) is 0 Å². The summed E-state index contributed by atoms with van der Waals surface area (Å²) in [6.07, 6.45) is 0. The first-order valence-electron chi connectivity index (χ1n) is 4.61. The maximum atomic E-state index is 5.69. The molecule has 1 saturated heterocycles. The van der Waals surface area contributed by atoms with Crippen LogP contribution in [0.3, 0.4) is 0 Å².